The van der Waals surface area contributed by atoms with Crippen LogP contribution in [0.3, 0.4) is 0 Å². The van der Waals surface area contributed by atoms with Crippen LogP contribution in [0.4, 0.5) is 5.69 Å². The van der Waals surface area contributed by atoms with E-state index in [9.17, 15) is 18.3 Å². The van der Waals surface area contributed by atoms with Crippen LogP contribution in [0.25, 0.3) is 0 Å². The Morgan fingerprint density at radius 3 is 2.39 bits per heavy atom. The van der Waals surface area contributed by atoms with Gasteiger partial charge in [0, 0.05) is 12.0 Å². The first-order chi connectivity index (χ1) is 13.1. The molecule has 3 rings (SSSR count). The molecule has 0 radical (unpaired) electrons. The second-order valence-corrected chi connectivity index (χ2v) is 9.41. The number of halogens is 2. The summed E-state index contributed by atoms with van der Waals surface area (Å²) in [5, 5.41) is 13.7. The van der Waals surface area contributed by atoms with Crippen LogP contribution in [0.5, 0.6) is 0 Å². The highest BCUT2D eigenvalue weighted by atomic mass is 35.5. The molecule has 0 fully saturated rings. The van der Waals surface area contributed by atoms with E-state index in [1.54, 1.807) is 24.3 Å². The summed E-state index contributed by atoms with van der Waals surface area (Å²) in [6.45, 7) is 0. The van der Waals surface area contributed by atoms with Crippen LogP contribution in [-0.2, 0) is 10.0 Å². The van der Waals surface area contributed by atoms with Gasteiger partial charge in [-0.2, -0.15) is 0 Å². The Morgan fingerprint density at radius 2 is 1.82 bits per heavy atom. The number of hydrogen-bond acceptors (Lipinski definition) is 4. The van der Waals surface area contributed by atoms with E-state index >= 15 is 0 Å². The van der Waals surface area contributed by atoms with E-state index in [4.69, 9.17) is 23.2 Å². The van der Waals surface area contributed by atoms with Gasteiger partial charge in [0.15, 0.2) is 0 Å². The smallest absolute Gasteiger partial charge is 0.337 e. The quantitative estimate of drug-likeness (QED) is 0.642. The van der Waals surface area contributed by atoms with E-state index < -0.39 is 16.0 Å². The zero-order chi connectivity index (χ0) is 20.6. The lowest BCUT2D eigenvalue weighted by molar-refractivity contribution is 0.0698. The number of anilines is 1. The monoisotopic (exact) mass is 442 g/mol. The fourth-order valence-electron chi connectivity index (χ4n) is 3.72. The molecule has 1 aliphatic carbocycles. The maximum atomic E-state index is 11.8. The SMILES string of the molecule is CN[C@H]1CCC(c2ccc(Cl)c(Cl)c2)c2cc(C(=O)O)c(NS(C)(=O)=O)cc21. The molecule has 1 unspecified atom stereocenters. The van der Waals surface area contributed by atoms with E-state index in [0.29, 0.717) is 10.0 Å². The molecule has 1 aliphatic rings. The lowest BCUT2D eigenvalue weighted by Crippen LogP contribution is -2.25. The molecular weight excluding hydrogens is 423 g/mol. The van der Waals surface area contributed by atoms with Gasteiger partial charge in [0.25, 0.3) is 0 Å². The van der Waals surface area contributed by atoms with E-state index in [0.717, 1.165) is 35.8 Å². The van der Waals surface area contributed by atoms with E-state index in [1.807, 2.05) is 13.1 Å². The Labute approximate surface area is 173 Å². The van der Waals surface area contributed by atoms with Crippen molar-refractivity contribution >= 4 is 44.9 Å². The third-order valence-electron chi connectivity index (χ3n) is 4.94. The van der Waals surface area contributed by atoms with Crippen molar-refractivity contribution in [1.29, 1.82) is 0 Å². The largest absolute Gasteiger partial charge is 0.478 e. The summed E-state index contributed by atoms with van der Waals surface area (Å²) in [4.78, 5) is 11.8. The van der Waals surface area contributed by atoms with Crippen molar-refractivity contribution in [3.05, 3.63) is 62.6 Å². The van der Waals surface area contributed by atoms with Crippen LogP contribution in [0.15, 0.2) is 30.3 Å². The number of sulfonamides is 1. The van der Waals surface area contributed by atoms with Crippen molar-refractivity contribution in [1.82, 2.24) is 5.32 Å². The number of nitrogens with one attached hydrogen (secondary N) is 2. The number of benzene rings is 2. The predicted molar refractivity (Wildman–Crippen MR) is 111 cm³/mol. The third-order valence-corrected chi connectivity index (χ3v) is 6.27. The van der Waals surface area contributed by atoms with Crippen molar-refractivity contribution < 1.29 is 18.3 Å². The van der Waals surface area contributed by atoms with Crippen molar-refractivity contribution in [2.24, 2.45) is 0 Å². The van der Waals surface area contributed by atoms with Gasteiger partial charge in [0.1, 0.15) is 0 Å². The number of aromatic carboxylic acids is 1. The van der Waals surface area contributed by atoms with Gasteiger partial charge in [0.05, 0.1) is 27.6 Å². The van der Waals surface area contributed by atoms with Gasteiger partial charge >= 0.3 is 5.97 Å². The molecule has 2 atom stereocenters. The molecule has 6 nitrogen and oxygen atoms in total. The fraction of sp³-hybridized carbons (Fsp3) is 0.316. The van der Waals surface area contributed by atoms with Crippen molar-refractivity contribution in [3.63, 3.8) is 0 Å². The van der Waals surface area contributed by atoms with Crippen molar-refractivity contribution in [3.8, 4) is 0 Å². The fourth-order valence-corrected chi connectivity index (χ4v) is 4.59. The van der Waals surface area contributed by atoms with Gasteiger partial charge in [0.2, 0.25) is 10.0 Å². The molecule has 0 amide bonds. The predicted octanol–water partition coefficient (Wildman–Crippen LogP) is 4.25. The standard InChI is InChI=1S/C19H20Cl2N2O4S/c1-22-17-6-4-11(10-3-5-15(20)16(21)7-10)12-8-14(19(24)25)18(9-13(12)17)23-28(2,26)27/h3,5,7-9,11,17,22-23H,4,6H2,1-2H3,(H,24,25)/t11?,17-/m0/s1. The summed E-state index contributed by atoms with van der Waals surface area (Å²) in [6, 6.07) is 8.55. The minimum Gasteiger partial charge on any atom is -0.478 e. The Balaban J connectivity index is 2.20. The second-order valence-electron chi connectivity index (χ2n) is 6.85. The number of carboxylic acid groups (broad SMARTS) is 1. The molecule has 2 aromatic carbocycles. The van der Waals surface area contributed by atoms with Gasteiger partial charge in [-0.3, -0.25) is 4.72 Å². The molecule has 3 N–H and O–H groups in total. The molecule has 0 saturated heterocycles. The first kappa shape index (κ1) is 20.9. The van der Waals surface area contributed by atoms with E-state index in [1.165, 1.54) is 0 Å². The topological polar surface area (TPSA) is 95.5 Å². The average molecular weight is 443 g/mol. The van der Waals surface area contributed by atoms with Crippen LogP contribution >= 0.6 is 23.2 Å². The van der Waals surface area contributed by atoms with Crippen molar-refractivity contribution in [2.75, 3.05) is 18.0 Å². The van der Waals surface area contributed by atoms with E-state index in [2.05, 4.69) is 10.0 Å². The lowest BCUT2D eigenvalue weighted by atomic mass is 9.76. The summed E-state index contributed by atoms with van der Waals surface area (Å²) in [6.07, 6.45) is 2.58. The lowest BCUT2D eigenvalue weighted by Gasteiger charge is -2.33. The Kier molecular flexibility index (Phi) is 5.91. The Morgan fingerprint density at radius 1 is 1.11 bits per heavy atom. The van der Waals surface area contributed by atoms with Crippen LogP contribution in [0, 0.1) is 0 Å². The zero-order valence-corrected chi connectivity index (χ0v) is 17.6. The minimum atomic E-state index is -3.63. The highest BCUT2D eigenvalue weighted by molar-refractivity contribution is 7.92. The molecule has 0 bridgehead atoms. The van der Waals surface area contributed by atoms with Crippen molar-refractivity contribution in [2.45, 2.75) is 24.8 Å². The van der Waals surface area contributed by atoms with Crippen LogP contribution in [-0.4, -0.2) is 32.8 Å². The van der Waals surface area contributed by atoms with Gasteiger partial charge in [-0.05, 0) is 60.8 Å². The Hall–Kier alpha value is -1.80. The molecule has 2 aromatic rings. The normalized spacial score (nSPS) is 19.1. The van der Waals surface area contributed by atoms with Crippen LogP contribution < -0.4 is 10.0 Å². The summed E-state index contributed by atoms with van der Waals surface area (Å²) in [5.41, 5.74) is 2.60. The zero-order valence-electron chi connectivity index (χ0n) is 15.3. The summed E-state index contributed by atoms with van der Waals surface area (Å²) < 4.78 is 25.7. The van der Waals surface area contributed by atoms with E-state index in [-0.39, 0.29) is 23.2 Å². The summed E-state index contributed by atoms with van der Waals surface area (Å²) >= 11 is 12.2. The molecule has 0 spiro atoms. The Bertz CT molecular complexity index is 1040. The number of rotatable bonds is 5. The first-order valence-electron chi connectivity index (χ1n) is 8.62. The highest BCUT2D eigenvalue weighted by Gasteiger charge is 2.30. The molecule has 28 heavy (non-hydrogen) atoms. The molecule has 0 aliphatic heterocycles. The molecule has 0 saturated carbocycles. The molecule has 0 heterocycles. The van der Waals surface area contributed by atoms with Crippen LogP contribution in [0.2, 0.25) is 10.0 Å². The summed E-state index contributed by atoms with van der Waals surface area (Å²) in [5.74, 6) is -1.27. The number of fused-ring (bicyclic) bond motifs is 1. The molecule has 9 heteroatoms. The second kappa shape index (κ2) is 7.91. The molecule has 0 aromatic heterocycles. The van der Waals surface area contributed by atoms with Gasteiger partial charge in [-0.1, -0.05) is 29.3 Å². The maximum Gasteiger partial charge on any atom is 0.337 e. The highest BCUT2D eigenvalue weighted by Crippen LogP contribution is 2.44. The van der Waals surface area contributed by atoms with Gasteiger partial charge in [-0.25, -0.2) is 13.2 Å². The number of carboxylic acids is 1. The average Bonchev–Trinajstić information content (AvgIpc) is 2.61. The van der Waals surface area contributed by atoms with Crippen LogP contribution in [0.1, 0.15) is 51.8 Å². The number of carbonyl (C=O) groups is 1. The number of hydrogen-bond donors (Lipinski definition) is 3. The van der Waals surface area contributed by atoms with Gasteiger partial charge < -0.3 is 10.4 Å². The first-order valence-corrected chi connectivity index (χ1v) is 11.3. The summed E-state index contributed by atoms with van der Waals surface area (Å²) in [7, 11) is -1.80. The maximum absolute atomic E-state index is 11.8. The molecular formula is C19H20Cl2N2O4S. The molecule has 150 valence electrons. The third kappa shape index (κ3) is 4.27. The minimum absolute atomic E-state index is 0.0167. The van der Waals surface area contributed by atoms with Gasteiger partial charge in [-0.15, -0.1) is 0 Å².